The van der Waals surface area contributed by atoms with E-state index in [1.807, 2.05) is 0 Å². The van der Waals surface area contributed by atoms with E-state index in [2.05, 4.69) is 20.5 Å². The van der Waals surface area contributed by atoms with Gasteiger partial charge >= 0.3 is 5.97 Å². The molecule has 0 bridgehead atoms. The minimum Gasteiger partial charge on any atom is -0.506 e. The fourth-order valence-corrected chi connectivity index (χ4v) is 6.00. The summed E-state index contributed by atoms with van der Waals surface area (Å²) in [6.45, 7) is 1.49. The number of carboxylic acid groups (broad SMARTS) is 1. The van der Waals surface area contributed by atoms with Crippen molar-refractivity contribution in [3.63, 3.8) is 0 Å². The predicted octanol–water partition coefficient (Wildman–Crippen LogP) is 4.42. The van der Waals surface area contributed by atoms with E-state index in [1.54, 1.807) is 0 Å². The number of hydrogen-bond donors (Lipinski definition) is 7. The van der Waals surface area contributed by atoms with Gasteiger partial charge in [-0.1, -0.05) is 0 Å². The Bertz CT molecular complexity index is 2390. The van der Waals surface area contributed by atoms with Gasteiger partial charge in [-0.25, -0.2) is 4.79 Å². The molecule has 248 valence electrons. The maximum Gasteiger partial charge on any atom is 0.339 e. The van der Waals surface area contributed by atoms with E-state index in [9.17, 15) is 59.0 Å². The summed E-state index contributed by atoms with van der Waals surface area (Å²) in [7, 11) is -13.8. The van der Waals surface area contributed by atoms with Crippen LogP contribution in [0.25, 0.3) is 10.8 Å². The molecule has 0 radical (unpaired) electrons. The lowest BCUT2D eigenvalue weighted by molar-refractivity contribution is 0.0693. The van der Waals surface area contributed by atoms with Crippen molar-refractivity contribution in [3.05, 3.63) is 53.6 Å². The van der Waals surface area contributed by atoms with Crippen LogP contribution in [0.2, 0.25) is 0 Å². The Balaban J connectivity index is 1.83. The molecule has 0 fully saturated rings. The molecule has 0 saturated carbocycles. The number of nitrogens with zero attached hydrogens (tertiary/aromatic N) is 4. The van der Waals surface area contributed by atoms with Crippen molar-refractivity contribution in [1.29, 1.82) is 0 Å². The summed E-state index contributed by atoms with van der Waals surface area (Å²) < 4.78 is 105. The SMILES string of the molecule is COc1cc(N=Nc2cc(C(=O)O)c(O)c(S(=O)(=O)O)c2)c(C)cc1N=Nc1c(S(=O)(=O)O)cc2cc(S(=O)(=O)O)cc(N)c2c1O. The molecule has 19 nitrogen and oxygen atoms in total. The van der Waals surface area contributed by atoms with Crippen LogP contribution < -0.4 is 10.5 Å². The molecule has 0 aromatic heterocycles. The van der Waals surface area contributed by atoms with Crippen LogP contribution in [0.4, 0.5) is 28.4 Å². The first-order chi connectivity index (χ1) is 21.6. The lowest BCUT2D eigenvalue weighted by atomic mass is 10.1. The highest BCUT2D eigenvalue weighted by Gasteiger charge is 2.26. The molecule has 0 heterocycles. The second kappa shape index (κ2) is 12.2. The molecule has 0 atom stereocenters. The maximum atomic E-state index is 12.2. The average Bonchev–Trinajstić information content (AvgIpc) is 2.94. The van der Waals surface area contributed by atoms with Crippen LogP contribution in [0.3, 0.4) is 0 Å². The number of aromatic carboxylic acids is 1. The van der Waals surface area contributed by atoms with Gasteiger partial charge in [0.05, 0.1) is 23.4 Å². The molecule has 0 aliphatic heterocycles. The molecule has 0 aliphatic rings. The van der Waals surface area contributed by atoms with Crippen LogP contribution in [0.5, 0.6) is 17.2 Å². The smallest absolute Gasteiger partial charge is 0.339 e. The Morgan fingerprint density at radius 1 is 0.745 bits per heavy atom. The quantitative estimate of drug-likeness (QED) is 0.0717. The molecule has 0 saturated heterocycles. The minimum atomic E-state index is -5.13. The lowest BCUT2D eigenvalue weighted by Gasteiger charge is -2.12. The van der Waals surface area contributed by atoms with E-state index in [0.29, 0.717) is 6.07 Å². The van der Waals surface area contributed by atoms with Crippen molar-refractivity contribution in [2.75, 3.05) is 12.8 Å². The number of nitrogens with two attached hydrogens (primary N) is 1. The van der Waals surface area contributed by atoms with Crippen molar-refractivity contribution < 1.29 is 63.8 Å². The number of aromatic hydroxyl groups is 2. The molecule has 4 aromatic rings. The molecular weight excluding hydrogens is 690 g/mol. The van der Waals surface area contributed by atoms with Crippen molar-refractivity contribution >= 4 is 75.5 Å². The number of fused-ring (bicyclic) bond motifs is 1. The number of methoxy groups -OCH3 is 1. The second-order valence-electron chi connectivity index (χ2n) is 9.46. The van der Waals surface area contributed by atoms with Gasteiger partial charge in [0.2, 0.25) is 0 Å². The molecule has 8 N–H and O–H groups in total. The van der Waals surface area contributed by atoms with Gasteiger partial charge in [0.25, 0.3) is 30.4 Å². The van der Waals surface area contributed by atoms with Crippen molar-refractivity contribution in [2.45, 2.75) is 21.6 Å². The zero-order chi connectivity index (χ0) is 35.2. The van der Waals surface area contributed by atoms with E-state index in [0.717, 1.165) is 24.3 Å². The summed E-state index contributed by atoms with van der Waals surface area (Å²) in [6.07, 6.45) is 0. The lowest BCUT2D eigenvalue weighted by Crippen LogP contribution is -2.04. The highest BCUT2D eigenvalue weighted by molar-refractivity contribution is 7.86. The summed E-state index contributed by atoms with van der Waals surface area (Å²) >= 11 is 0. The van der Waals surface area contributed by atoms with Gasteiger partial charge in [-0.3, -0.25) is 13.7 Å². The number of anilines is 1. The number of azo groups is 2. The zero-order valence-corrected chi connectivity index (χ0v) is 26.0. The van der Waals surface area contributed by atoms with E-state index in [-0.39, 0.29) is 39.1 Å². The number of hydrogen-bond acceptors (Lipinski definition) is 15. The Kier molecular flexibility index (Phi) is 8.95. The van der Waals surface area contributed by atoms with Gasteiger partial charge in [-0.15, -0.1) is 10.2 Å². The number of phenols is 2. The molecule has 4 aromatic carbocycles. The topological polar surface area (TPSA) is 326 Å². The molecular formula is C25H21N5O14S3. The minimum absolute atomic E-state index is 0.0498. The summed E-state index contributed by atoms with van der Waals surface area (Å²) in [5.74, 6) is -3.93. The average molecular weight is 712 g/mol. The fourth-order valence-electron chi connectivity index (χ4n) is 4.17. The molecule has 0 spiro atoms. The molecule has 0 aliphatic carbocycles. The molecule has 4 rings (SSSR count). The van der Waals surface area contributed by atoms with Crippen molar-refractivity contribution in [2.24, 2.45) is 20.5 Å². The highest BCUT2D eigenvalue weighted by atomic mass is 32.2. The van der Waals surface area contributed by atoms with Crippen LogP contribution in [0.15, 0.2) is 77.6 Å². The molecule has 47 heavy (non-hydrogen) atoms. The van der Waals surface area contributed by atoms with Crippen LogP contribution in [-0.4, -0.2) is 67.3 Å². The van der Waals surface area contributed by atoms with Gasteiger partial charge in [0.15, 0.2) is 11.5 Å². The first kappa shape index (κ1) is 34.6. The number of phenolic OH excluding ortho intramolecular Hbond substituents is 1. The normalized spacial score (nSPS) is 12.7. The number of aryl methyl sites for hydroxylation is 1. The predicted molar refractivity (Wildman–Crippen MR) is 161 cm³/mol. The van der Waals surface area contributed by atoms with E-state index < -0.39 is 79.4 Å². The summed E-state index contributed by atoms with van der Waals surface area (Å²) in [6, 6.07) is 6.38. The third-order valence-corrected chi connectivity index (χ3v) is 8.89. The van der Waals surface area contributed by atoms with E-state index in [4.69, 9.17) is 10.5 Å². The zero-order valence-electron chi connectivity index (χ0n) is 23.6. The maximum absolute atomic E-state index is 12.2. The standard InChI is InChI=1S/C25H21N5O14S3/c1-10-3-17(18(44-2)9-16(10)28-27-12-6-14(25(33)34)23(31)20(7-12)47(41,42)43)29-30-22-19(46(38,39)40)5-11-4-13(45(35,36)37)8-15(26)21(11)24(22)32/h3-9,31-32H,26H2,1-2H3,(H,33,34)(H,35,36,37)(H,38,39,40)(H,41,42,43). The summed E-state index contributed by atoms with van der Waals surface area (Å²) in [4.78, 5) is 8.60. The Morgan fingerprint density at radius 3 is 1.91 bits per heavy atom. The number of nitrogen functional groups attached to an aromatic ring is 1. The number of carboxylic acids is 1. The van der Waals surface area contributed by atoms with Crippen LogP contribution in [0, 0.1) is 6.92 Å². The number of rotatable bonds is 9. The fraction of sp³-hybridized carbons (Fsp3) is 0.0800. The number of ether oxygens (including phenoxy) is 1. The monoisotopic (exact) mass is 711 g/mol. The summed E-state index contributed by atoms with van der Waals surface area (Å²) in [5.41, 5.74) is 3.63. The first-order valence-corrected chi connectivity index (χ1v) is 16.6. The highest BCUT2D eigenvalue weighted by Crippen LogP contribution is 2.45. The van der Waals surface area contributed by atoms with Gasteiger partial charge in [0, 0.05) is 17.1 Å². The van der Waals surface area contributed by atoms with Crippen molar-refractivity contribution in [3.8, 4) is 17.2 Å². The van der Waals surface area contributed by atoms with Gasteiger partial charge in [-0.2, -0.15) is 35.5 Å². The molecule has 22 heteroatoms. The second-order valence-corrected chi connectivity index (χ2v) is 13.7. The Labute approximate surface area is 264 Å². The van der Waals surface area contributed by atoms with Gasteiger partial charge < -0.3 is 25.8 Å². The van der Waals surface area contributed by atoms with E-state index >= 15 is 0 Å². The summed E-state index contributed by atoms with van der Waals surface area (Å²) in [5, 5.41) is 44.9. The van der Waals surface area contributed by atoms with E-state index in [1.165, 1.54) is 26.2 Å². The van der Waals surface area contributed by atoms with Gasteiger partial charge in [0.1, 0.15) is 32.5 Å². The van der Waals surface area contributed by atoms with Crippen LogP contribution in [-0.2, 0) is 30.4 Å². The largest absolute Gasteiger partial charge is 0.506 e. The van der Waals surface area contributed by atoms with Crippen LogP contribution in [0.1, 0.15) is 15.9 Å². The Hall–Kier alpha value is -5.26. The molecule has 0 amide bonds. The first-order valence-electron chi connectivity index (χ1n) is 12.3. The number of carbonyl (C=O) groups is 1. The molecule has 0 unspecified atom stereocenters. The van der Waals surface area contributed by atoms with Crippen LogP contribution >= 0.6 is 0 Å². The third-order valence-electron chi connectivity index (χ3n) is 6.33. The number of benzene rings is 4. The Morgan fingerprint density at radius 2 is 1.36 bits per heavy atom. The van der Waals surface area contributed by atoms with Crippen molar-refractivity contribution in [1.82, 2.24) is 0 Å². The van der Waals surface area contributed by atoms with Gasteiger partial charge in [-0.05, 0) is 54.3 Å². The third kappa shape index (κ3) is 7.11.